The zero-order chi connectivity index (χ0) is 25.7. The van der Waals surface area contributed by atoms with Gasteiger partial charge in [-0.1, -0.05) is 30.3 Å². The maximum atomic E-state index is 13.3. The first-order valence-electron chi connectivity index (χ1n) is 12.1. The number of pyridine rings is 1. The van der Waals surface area contributed by atoms with Crippen molar-refractivity contribution < 1.29 is 28.6 Å². The number of likely N-dealkylation sites (tertiary alicyclic amines) is 1. The Hall–Kier alpha value is -3.66. The Morgan fingerprint density at radius 1 is 1.00 bits per heavy atom. The molecule has 1 saturated heterocycles. The molecule has 0 spiro atoms. The van der Waals surface area contributed by atoms with Crippen LogP contribution in [0.5, 0.6) is 5.75 Å². The molecule has 1 atom stereocenters. The fourth-order valence-corrected chi connectivity index (χ4v) is 4.78. The number of ether oxygens (including phenoxy) is 3. The molecule has 1 aromatic heterocycles. The normalized spacial score (nSPS) is 16.3. The average molecular weight is 498 g/mol. The number of hydrogen-bond donors (Lipinski definition) is 0. The van der Waals surface area contributed by atoms with Crippen molar-refractivity contribution in [3.8, 4) is 5.75 Å². The number of esters is 1. The quantitative estimate of drug-likeness (QED) is 0.508. The molecule has 0 radical (unpaired) electrons. The largest absolute Gasteiger partial charge is 0.491 e. The number of hydrogen-bond acceptors (Lipinski definition) is 7. The number of methoxy groups -OCH3 is 2. The second-order valence-corrected chi connectivity index (χ2v) is 8.75. The van der Waals surface area contributed by atoms with Crippen molar-refractivity contribution in [2.45, 2.75) is 31.9 Å². The smallest absolute Gasteiger partial charge is 0.343 e. The minimum atomic E-state index is -0.767. The summed E-state index contributed by atoms with van der Waals surface area (Å²) in [5, 5.41) is 0. The van der Waals surface area contributed by atoms with Gasteiger partial charge in [-0.15, -0.1) is 0 Å². The summed E-state index contributed by atoms with van der Waals surface area (Å²) in [4.78, 5) is 54.3. The van der Waals surface area contributed by atoms with Gasteiger partial charge in [0.2, 0.25) is 5.91 Å². The second kappa shape index (κ2) is 11.4. The average Bonchev–Trinajstić information content (AvgIpc) is 3.16. The molecule has 3 heterocycles. The molecule has 4 rings (SSSR count). The first-order valence-corrected chi connectivity index (χ1v) is 12.1. The third-order valence-corrected chi connectivity index (χ3v) is 6.65. The van der Waals surface area contributed by atoms with E-state index in [1.165, 1.54) is 24.9 Å². The third-order valence-electron chi connectivity index (χ3n) is 6.65. The summed E-state index contributed by atoms with van der Waals surface area (Å²) in [7, 11) is 2.76. The summed E-state index contributed by atoms with van der Waals surface area (Å²) >= 11 is 0. The van der Waals surface area contributed by atoms with Crippen LogP contribution >= 0.6 is 0 Å². The van der Waals surface area contributed by atoms with E-state index in [-0.39, 0.29) is 54.8 Å². The van der Waals surface area contributed by atoms with Crippen molar-refractivity contribution in [1.29, 1.82) is 0 Å². The molecular formula is C26H31N3O7. The van der Waals surface area contributed by atoms with E-state index in [4.69, 9.17) is 14.2 Å². The summed E-state index contributed by atoms with van der Waals surface area (Å²) in [6.45, 7) is 2.00. The Bertz CT molecular complexity index is 1180. The van der Waals surface area contributed by atoms with Gasteiger partial charge in [0.1, 0.15) is 17.9 Å². The lowest BCUT2D eigenvalue weighted by atomic mass is 10.1. The molecule has 0 N–H and O–H groups in total. The van der Waals surface area contributed by atoms with Crippen molar-refractivity contribution in [1.82, 2.24) is 14.4 Å². The highest BCUT2D eigenvalue weighted by Crippen LogP contribution is 2.26. The zero-order valence-electron chi connectivity index (χ0n) is 20.6. The monoisotopic (exact) mass is 497 g/mol. The molecule has 0 aliphatic carbocycles. The lowest BCUT2D eigenvalue weighted by Crippen LogP contribution is -2.38. The number of benzene rings is 1. The molecule has 0 bridgehead atoms. The van der Waals surface area contributed by atoms with Crippen LogP contribution in [0.25, 0.3) is 0 Å². The van der Waals surface area contributed by atoms with Crippen LogP contribution in [0, 0.1) is 0 Å². The molecule has 0 unspecified atom stereocenters. The predicted molar refractivity (Wildman–Crippen MR) is 130 cm³/mol. The van der Waals surface area contributed by atoms with Gasteiger partial charge in [-0.25, -0.2) is 4.79 Å². The topological polar surface area (TPSA) is 107 Å². The Morgan fingerprint density at radius 3 is 2.44 bits per heavy atom. The van der Waals surface area contributed by atoms with Crippen LogP contribution in [-0.4, -0.2) is 79.2 Å². The van der Waals surface area contributed by atoms with E-state index in [0.717, 1.165) is 12.0 Å². The number of rotatable bonds is 8. The molecule has 2 aliphatic rings. The first kappa shape index (κ1) is 25.4. The van der Waals surface area contributed by atoms with E-state index in [2.05, 4.69) is 0 Å². The number of nitrogens with zero attached hydrogens (tertiary/aromatic N) is 3. The van der Waals surface area contributed by atoms with E-state index in [1.54, 1.807) is 9.80 Å². The lowest BCUT2D eigenvalue weighted by molar-refractivity contribution is -0.142. The highest BCUT2D eigenvalue weighted by molar-refractivity contribution is 5.93. The van der Waals surface area contributed by atoms with Gasteiger partial charge in [-0.05, 0) is 12.0 Å². The Balaban J connectivity index is 1.56. The number of carbonyl (C=O) groups is 3. The van der Waals surface area contributed by atoms with Gasteiger partial charge in [0.15, 0.2) is 6.10 Å². The standard InChI is InChI=1S/C26H31N3O7/c1-34-24(18-7-4-3-5-8-18)25(32)28-12-10-19-23(26(33)35-2)20(17-22(31)29(19)14-13-28)36-16-15-27-11-6-9-21(27)30/h3-5,7-8,17,24H,6,9-16H2,1-2H3/t24-/m1/s1. The summed E-state index contributed by atoms with van der Waals surface area (Å²) in [5.41, 5.74) is 1.05. The fraction of sp³-hybridized carbons (Fsp3) is 0.462. The van der Waals surface area contributed by atoms with Crippen LogP contribution < -0.4 is 10.3 Å². The SMILES string of the molecule is COC(=O)c1c(OCCN2CCCC2=O)cc(=O)n2c1CCN(C(=O)[C@H](OC)c1ccccc1)CC2. The Kier molecular flexibility index (Phi) is 8.04. The number of fused-ring (bicyclic) bond motifs is 1. The summed E-state index contributed by atoms with van der Waals surface area (Å²) in [6, 6.07) is 10.5. The molecule has 2 aromatic rings. The molecule has 0 saturated carbocycles. The molecule has 192 valence electrons. The van der Waals surface area contributed by atoms with Crippen LogP contribution in [0.2, 0.25) is 0 Å². The maximum Gasteiger partial charge on any atom is 0.343 e. The fourth-order valence-electron chi connectivity index (χ4n) is 4.78. The Morgan fingerprint density at radius 2 is 1.78 bits per heavy atom. The van der Waals surface area contributed by atoms with Crippen LogP contribution in [0.15, 0.2) is 41.2 Å². The van der Waals surface area contributed by atoms with E-state index in [9.17, 15) is 19.2 Å². The number of aromatic nitrogens is 1. The molecule has 2 aliphatic heterocycles. The van der Waals surface area contributed by atoms with Gasteiger partial charge in [-0.2, -0.15) is 0 Å². The van der Waals surface area contributed by atoms with Crippen molar-refractivity contribution in [2.75, 3.05) is 47.0 Å². The number of amides is 2. The Labute approximate surface area is 209 Å². The third kappa shape index (κ3) is 5.28. The highest BCUT2D eigenvalue weighted by atomic mass is 16.5. The molecule has 1 fully saturated rings. The van der Waals surface area contributed by atoms with Gasteiger partial charge < -0.3 is 28.6 Å². The van der Waals surface area contributed by atoms with E-state index in [1.807, 2.05) is 30.3 Å². The zero-order valence-corrected chi connectivity index (χ0v) is 20.6. The highest BCUT2D eigenvalue weighted by Gasteiger charge is 2.31. The summed E-state index contributed by atoms with van der Waals surface area (Å²) in [6.07, 6.45) is 0.835. The van der Waals surface area contributed by atoms with Gasteiger partial charge in [0.05, 0.1) is 13.7 Å². The molecule has 2 amide bonds. The molecule has 1 aromatic carbocycles. The lowest BCUT2D eigenvalue weighted by Gasteiger charge is -2.25. The van der Waals surface area contributed by atoms with E-state index >= 15 is 0 Å². The van der Waals surface area contributed by atoms with E-state index in [0.29, 0.717) is 31.7 Å². The van der Waals surface area contributed by atoms with Gasteiger partial charge >= 0.3 is 5.97 Å². The van der Waals surface area contributed by atoms with Crippen molar-refractivity contribution in [3.05, 3.63) is 63.6 Å². The summed E-state index contributed by atoms with van der Waals surface area (Å²) < 4.78 is 17.9. The predicted octanol–water partition coefficient (Wildman–Crippen LogP) is 1.41. The molecular weight excluding hydrogens is 466 g/mol. The van der Waals surface area contributed by atoms with Gasteiger partial charge in [0, 0.05) is 57.9 Å². The summed E-state index contributed by atoms with van der Waals surface area (Å²) in [5.74, 6) is -0.632. The van der Waals surface area contributed by atoms with Crippen molar-refractivity contribution in [2.24, 2.45) is 0 Å². The van der Waals surface area contributed by atoms with Crippen LogP contribution in [0.3, 0.4) is 0 Å². The van der Waals surface area contributed by atoms with Gasteiger partial charge in [0.25, 0.3) is 11.5 Å². The van der Waals surface area contributed by atoms with Gasteiger partial charge in [-0.3, -0.25) is 14.4 Å². The van der Waals surface area contributed by atoms with Crippen LogP contribution in [0.4, 0.5) is 0 Å². The number of carbonyl (C=O) groups excluding carboxylic acids is 3. The van der Waals surface area contributed by atoms with Crippen molar-refractivity contribution >= 4 is 17.8 Å². The molecule has 10 nitrogen and oxygen atoms in total. The first-order chi connectivity index (χ1) is 17.4. The van der Waals surface area contributed by atoms with Crippen molar-refractivity contribution in [3.63, 3.8) is 0 Å². The van der Waals surface area contributed by atoms with Crippen LogP contribution in [-0.2, 0) is 32.0 Å². The second-order valence-electron chi connectivity index (χ2n) is 8.75. The maximum absolute atomic E-state index is 13.3. The van der Waals surface area contributed by atoms with E-state index < -0.39 is 12.1 Å². The minimum absolute atomic E-state index is 0.0726. The molecule has 36 heavy (non-hydrogen) atoms. The minimum Gasteiger partial charge on any atom is -0.491 e. The van der Waals surface area contributed by atoms with Crippen LogP contribution in [0.1, 0.15) is 40.6 Å². The molecule has 10 heteroatoms.